The van der Waals surface area contributed by atoms with E-state index in [4.69, 9.17) is 4.74 Å². The molecule has 1 aromatic rings. The Bertz CT molecular complexity index is 468. The molecule has 0 radical (unpaired) electrons. The minimum atomic E-state index is -0.926. The molecular weight excluding hydrogens is 270 g/mol. The van der Waals surface area contributed by atoms with Gasteiger partial charge in [0, 0.05) is 13.7 Å². The van der Waals surface area contributed by atoms with E-state index in [9.17, 15) is 14.7 Å². The van der Waals surface area contributed by atoms with E-state index in [1.54, 1.807) is 12.1 Å². The molecule has 0 aromatic heterocycles. The molecule has 5 nitrogen and oxygen atoms in total. The van der Waals surface area contributed by atoms with Crippen LogP contribution in [-0.4, -0.2) is 30.6 Å². The van der Waals surface area contributed by atoms with Crippen molar-refractivity contribution in [1.82, 2.24) is 5.32 Å². The number of carboxylic acid groups (broad SMARTS) is 1. The second-order valence-corrected chi connectivity index (χ2v) is 5.04. The first-order chi connectivity index (χ1) is 10.0. The Hall–Kier alpha value is -1.88. The summed E-state index contributed by atoms with van der Waals surface area (Å²) in [6, 6.07) is 9.12. The standard InChI is InChI=1S/C16H23NO4/c1-4-16(5-2,15(19)20)11-17-14(18)13(21-3)12-9-7-6-8-10-12/h6-10,13H,4-5,11H2,1-3H3,(H,17,18)(H,19,20)/t13-/m1/s1. The predicted octanol–water partition coefficient (Wildman–Crippen LogP) is 2.38. The van der Waals surface area contributed by atoms with Crippen LogP contribution in [0.4, 0.5) is 0 Å². The van der Waals surface area contributed by atoms with Crippen LogP contribution in [0.25, 0.3) is 0 Å². The van der Waals surface area contributed by atoms with Crippen LogP contribution in [0.5, 0.6) is 0 Å². The summed E-state index contributed by atoms with van der Waals surface area (Å²) in [4.78, 5) is 23.7. The van der Waals surface area contributed by atoms with Gasteiger partial charge in [0.25, 0.3) is 5.91 Å². The van der Waals surface area contributed by atoms with E-state index in [0.29, 0.717) is 12.8 Å². The summed E-state index contributed by atoms with van der Waals surface area (Å²) in [5, 5.41) is 12.1. The Labute approximate surface area is 125 Å². The number of benzene rings is 1. The predicted molar refractivity (Wildman–Crippen MR) is 79.9 cm³/mol. The van der Waals surface area contributed by atoms with Crippen molar-refractivity contribution in [3.8, 4) is 0 Å². The Morgan fingerprint density at radius 2 is 1.81 bits per heavy atom. The fourth-order valence-corrected chi connectivity index (χ4v) is 2.25. The van der Waals surface area contributed by atoms with Gasteiger partial charge in [0.15, 0.2) is 6.10 Å². The summed E-state index contributed by atoms with van der Waals surface area (Å²) in [7, 11) is 1.46. The molecule has 21 heavy (non-hydrogen) atoms. The Morgan fingerprint density at radius 3 is 2.24 bits per heavy atom. The third-order valence-corrected chi connectivity index (χ3v) is 3.98. The largest absolute Gasteiger partial charge is 0.481 e. The van der Waals surface area contributed by atoms with Crippen LogP contribution in [0.2, 0.25) is 0 Å². The summed E-state index contributed by atoms with van der Waals surface area (Å²) in [5.74, 6) is -1.21. The zero-order valence-corrected chi connectivity index (χ0v) is 12.8. The van der Waals surface area contributed by atoms with Crippen molar-refractivity contribution in [2.75, 3.05) is 13.7 Å². The van der Waals surface area contributed by atoms with E-state index in [2.05, 4.69) is 5.32 Å². The number of carboxylic acids is 1. The molecule has 5 heteroatoms. The van der Waals surface area contributed by atoms with Crippen LogP contribution < -0.4 is 5.32 Å². The average molecular weight is 293 g/mol. The lowest BCUT2D eigenvalue weighted by Gasteiger charge is -2.27. The van der Waals surface area contributed by atoms with Crippen LogP contribution >= 0.6 is 0 Å². The van der Waals surface area contributed by atoms with Crippen LogP contribution in [0.3, 0.4) is 0 Å². The van der Waals surface area contributed by atoms with Crippen LogP contribution in [0.15, 0.2) is 30.3 Å². The lowest BCUT2D eigenvalue weighted by Crippen LogP contribution is -2.44. The Balaban J connectivity index is 2.78. The summed E-state index contributed by atoms with van der Waals surface area (Å²) in [6.07, 6.45) is 0.191. The fraction of sp³-hybridized carbons (Fsp3) is 0.500. The first kappa shape index (κ1) is 17.2. The smallest absolute Gasteiger partial charge is 0.311 e. The number of carbonyl (C=O) groups is 2. The van der Waals surface area contributed by atoms with E-state index in [0.717, 1.165) is 5.56 Å². The number of aliphatic carboxylic acids is 1. The number of hydrogen-bond donors (Lipinski definition) is 2. The van der Waals surface area contributed by atoms with E-state index in [1.807, 2.05) is 32.0 Å². The molecule has 116 valence electrons. The maximum atomic E-state index is 12.2. The third-order valence-electron chi connectivity index (χ3n) is 3.98. The second-order valence-electron chi connectivity index (χ2n) is 5.04. The molecule has 1 atom stereocenters. The van der Waals surface area contributed by atoms with Crippen molar-refractivity contribution < 1.29 is 19.4 Å². The number of carbonyl (C=O) groups excluding carboxylic acids is 1. The van der Waals surface area contributed by atoms with E-state index >= 15 is 0 Å². The quantitative estimate of drug-likeness (QED) is 0.771. The van der Waals surface area contributed by atoms with Crippen LogP contribution in [0.1, 0.15) is 38.4 Å². The van der Waals surface area contributed by atoms with E-state index in [-0.39, 0.29) is 12.5 Å². The Morgan fingerprint density at radius 1 is 1.24 bits per heavy atom. The molecule has 0 saturated heterocycles. The molecule has 0 heterocycles. The highest BCUT2D eigenvalue weighted by Gasteiger charge is 2.35. The SMILES string of the molecule is CCC(CC)(CNC(=O)[C@H](OC)c1ccccc1)C(=O)O. The van der Waals surface area contributed by atoms with Gasteiger partial charge in [-0.3, -0.25) is 9.59 Å². The van der Waals surface area contributed by atoms with Crippen molar-refractivity contribution >= 4 is 11.9 Å². The fourth-order valence-electron chi connectivity index (χ4n) is 2.25. The van der Waals surface area contributed by atoms with Crippen molar-refractivity contribution in [3.05, 3.63) is 35.9 Å². The minimum absolute atomic E-state index is 0.0981. The van der Waals surface area contributed by atoms with Crippen LogP contribution in [0, 0.1) is 5.41 Å². The summed E-state index contributed by atoms with van der Waals surface area (Å²) in [6.45, 7) is 3.73. The van der Waals surface area contributed by atoms with E-state index in [1.165, 1.54) is 7.11 Å². The average Bonchev–Trinajstić information content (AvgIpc) is 2.50. The molecule has 1 aromatic carbocycles. The van der Waals surface area contributed by atoms with Crippen LogP contribution in [-0.2, 0) is 14.3 Å². The highest BCUT2D eigenvalue weighted by Crippen LogP contribution is 2.26. The lowest BCUT2D eigenvalue weighted by atomic mass is 9.82. The van der Waals surface area contributed by atoms with E-state index < -0.39 is 17.5 Å². The zero-order chi connectivity index (χ0) is 15.9. The summed E-state index contributed by atoms with van der Waals surface area (Å²) >= 11 is 0. The van der Waals surface area contributed by atoms with Gasteiger partial charge in [-0.1, -0.05) is 44.2 Å². The van der Waals surface area contributed by atoms with Gasteiger partial charge in [-0.05, 0) is 18.4 Å². The van der Waals surface area contributed by atoms with Gasteiger partial charge in [-0.2, -0.15) is 0 Å². The monoisotopic (exact) mass is 293 g/mol. The van der Waals surface area contributed by atoms with Gasteiger partial charge in [0.2, 0.25) is 0 Å². The topological polar surface area (TPSA) is 75.6 Å². The molecular formula is C16H23NO4. The second kappa shape index (κ2) is 7.78. The van der Waals surface area contributed by atoms with Gasteiger partial charge in [-0.25, -0.2) is 0 Å². The Kier molecular flexibility index (Phi) is 6.37. The maximum Gasteiger partial charge on any atom is 0.311 e. The lowest BCUT2D eigenvalue weighted by molar-refractivity contribution is -0.149. The number of methoxy groups -OCH3 is 1. The molecule has 1 amide bonds. The molecule has 0 aliphatic rings. The van der Waals surface area contributed by atoms with Crippen molar-refractivity contribution in [2.45, 2.75) is 32.8 Å². The molecule has 0 spiro atoms. The molecule has 0 aliphatic heterocycles. The van der Waals surface area contributed by atoms with Gasteiger partial charge >= 0.3 is 5.97 Å². The number of hydrogen-bond acceptors (Lipinski definition) is 3. The summed E-state index contributed by atoms with van der Waals surface area (Å²) < 4.78 is 5.23. The number of rotatable bonds is 8. The highest BCUT2D eigenvalue weighted by atomic mass is 16.5. The molecule has 0 saturated carbocycles. The molecule has 0 aliphatic carbocycles. The van der Waals surface area contributed by atoms with Gasteiger partial charge in [0.1, 0.15) is 0 Å². The minimum Gasteiger partial charge on any atom is -0.481 e. The van der Waals surface area contributed by atoms with Gasteiger partial charge < -0.3 is 15.2 Å². The van der Waals surface area contributed by atoms with Gasteiger partial charge in [-0.15, -0.1) is 0 Å². The first-order valence-electron chi connectivity index (χ1n) is 7.09. The summed E-state index contributed by atoms with van der Waals surface area (Å²) in [5.41, 5.74) is -0.184. The number of amides is 1. The third kappa shape index (κ3) is 4.04. The molecule has 1 rings (SSSR count). The first-order valence-corrected chi connectivity index (χ1v) is 7.09. The van der Waals surface area contributed by atoms with Crippen molar-refractivity contribution in [2.24, 2.45) is 5.41 Å². The molecule has 0 fully saturated rings. The normalized spacial score (nSPS) is 12.7. The molecule has 0 unspecified atom stereocenters. The van der Waals surface area contributed by atoms with Crippen molar-refractivity contribution in [3.63, 3.8) is 0 Å². The van der Waals surface area contributed by atoms with Crippen molar-refractivity contribution in [1.29, 1.82) is 0 Å². The zero-order valence-electron chi connectivity index (χ0n) is 12.8. The molecule has 0 bridgehead atoms. The number of ether oxygens (including phenoxy) is 1. The van der Waals surface area contributed by atoms with Gasteiger partial charge in [0.05, 0.1) is 5.41 Å². The number of nitrogens with one attached hydrogen (secondary N) is 1. The maximum absolute atomic E-state index is 12.2. The highest BCUT2D eigenvalue weighted by molar-refractivity contribution is 5.83. The molecule has 2 N–H and O–H groups in total.